The van der Waals surface area contributed by atoms with E-state index in [4.69, 9.17) is 4.74 Å². The van der Waals surface area contributed by atoms with Gasteiger partial charge in [0.2, 0.25) is 5.91 Å². The molecule has 0 aromatic heterocycles. The van der Waals surface area contributed by atoms with Gasteiger partial charge in [0.25, 0.3) is 11.8 Å². The first-order valence-corrected chi connectivity index (χ1v) is 14.1. The van der Waals surface area contributed by atoms with Crippen LogP contribution >= 0.6 is 11.8 Å². The van der Waals surface area contributed by atoms with Crippen molar-refractivity contribution in [1.29, 1.82) is 0 Å². The van der Waals surface area contributed by atoms with Crippen LogP contribution in [0.1, 0.15) is 29.8 Å². The number of anilines is 2. The first kappa shape index (κ1) is 30.1. The topological polar surface area (TPSA) is 96.5 Å². The third kappa shape index (κ3) is 8.55. The number of hydrogen-bond donors (Lipinski definition) is 3. The summed E-state index contributed by atoms with van der Waals surface area (Å²) in [5.41, 5.74) is 2.02. The number of thioether (sulfide) groups is 1. The second kappa shape index (κ2) is 14.7. The maximum Gasteiger partial charge on any atom is 0.272 e. The van der Waals surface area contributed by atoms with Crippen molar-refractivity contribution in [2.24, 2.45) is 0 Å². The highest BCUT2D eigenvalue weighted by atomic mass is 32.2. The van der Waals surface area contributed by atoms with E-state index < -0.39 is 22.9 Å². The molecule has 1 atom stereocenters. The molecule has 7 nitrogen and oxygen atoms in total. The van der Waals surface area contributed by atoms with E-state index in [2.05, 4.69) is 16.0 Å². The molecule has 0 fully saturated rings. The maximum absolute atomic E-state index is 13.4. The van der Waals surface area contributed by atoms with Crippen molar-refractivity contribution in [3.8, 4) is 5.75 Å². The number of nitrogens with one attached hydrogen (secondary N) is 3. The van der Waals surface area contributed by atoms with Gasteiger partial charge < -0.3 is 20.7 Å². The van der Waals surface area contributed by atoms with Crippen LogP contribution in [0.5, 0.6) is 5.75 Å². The number of ether oxygens (including phenoxy) is 1. The van der Waals surface area contributed by atoms with E-state index in [0.29, 0.717) is 34.9 Å². The van der Waals surface area contributed by atoms with Gasteiger partial charge >= 0.3 is 0 Å². The van der Waals surface area contributed by atoms with E-state index in [0.717, 1.165) is 4.90 Å². The Morgan fingerprint density at radius 2 is 1.52 bits per heavy atom. The Kier molecular flexibility index (Phi) is 10.5. The fourth-order valence-corrected chi connectivity index (χ4v) is 4.69. The SMILES string of the molecule is CCOc1ccccc1NC(=O)C(C)Sc1ccc(NC(=O)/C(=C/c2ccc(F)cc2)NC(=O)c2ccccc2)cc1. The monoisotopic (exact) mass is 583 g/mol. The number of carbonyl (C=O) groups is 3. The minimum absolute atomic E-state index is 0.00783. The van der Waals surface area contributed by atoms with Crippen molar-refractivity contribution in [2.45, 2.75) is 24.0 Å². The number of para-hydroxylation sites is 2. The molecular weight excluding hydrogens is 553 g/mol. The summed E-state index contributed by atoms with van der Waals surface area (Å²) in [7, 11) is 0. The first-order valence-electron chi connectivity index (χ1n) is 13.3. The second-order valence-electron chi connectivity index (χ2n) is 9.09. The molecule has 3 N–H and O–H groups in total. The van der Waals surface area contributed by atoms with Crippen LogP contribution in [-0.2, 0) is 9.59 Å². The third-order valence-corrected chi connectivity index (χ3v) is 7.06. The summed E-state index contributed by atoms with van der Waals surface area (Å²) in [5.74, 6) is -0.981. The lowest BCUT2D eigenvalue weighted by atomic mass is 10.1. The minimum atomic E-state index is -0.551. The molecule has 214 valence electrons. The highest BCUT2D eigenvalue weighted by Crippen LogP contribution is 2.28. The van der Waals surface area contributed by atoms with Gasteiger partial charge in [0.05, 0.1) is 17.5 Å². The van der Waals surface area contributed by atoms with Gasteiger partial charge in [0.1, 0.15) is 17.3 Å². The number of rotatable bonds is 11. The summed E-state index contributed by atoms with van der Waals surface area (Å²) in [5, 5.41) is 7.95. The van der Waals surface area contributed by atoms with Crippen molar-refractivity contribution in [1.82, 2.24) is 5.32 Å². The van der Waals surface area contributed by atoms with Gasteiger partial charge in [-0.3, -0.25) is 14.4 Å². The number of hydrogen-bond acceptors (Lipinski definition) is 5. The van der Waals surface area contributed by atoms with E-state index in [1.165, 1.54) is 42.1 Å². The molecule has 4 aromatic rings. The average molecular weight is 584 g/mol. The van der Waals surface area contributed by atoms with Gasteiger partial charge in [0.15, 0.2) is 0 Å². The molecule has 0 radical (unpaired) electrons. The Morgan fingerprint density at radius 1 is 0.857 bits per heavy atom. The highest BCUT2D eigenvalue weighted by molar-refractivity contribution is 8.00. The molecule has 0 spiro atoms. The summed E-state index contributed by atoms with van der Waals surface area (Å²) in [6, 6.07) is 28.4. The fourth-order valence-electron chi connectivity index (χ4n) is 3.83. The van der Waals surface area contributed by atoms with Gasteiger partial charge in [-0.1, -0.05) is 42.5 Å². The lowest BCUT2D eigenvalue weighted by Crippen LogP contribution is -2.30. The van der Waals surface area contributed by atoms with Crippen molar-refractivity contribution in [3.05, 3.63) is 126 Å². The van der Waals surface area contributed by atoms with Crippen LogP contribution in [0.3, 0.4) is 0 Å². The van der Waals surface area contributed by atoms with Gasteiger partial charge in [-0.25, -0.2) is 4.39 Å². The summed E-state index contributed by atoms with van der Waals surface area (Å²) in [6.45, 7) is 4.18. The van der Waals surface area contributed by atoms with E-state index >= 15 is 0 Å². The van der Waals surface area contributed by atoms with Gasteiger partial charge in [-0.05, 0) is 86.2 Å². The van der Waals surface area contributed by atoms with E-state index in [1.54, 1.807) is 73.7 Å². The zero-order valence-corrected chi connectivity index (χ0v) is 23.9. The Hall–Kier alpha value is -4.89. The predicted molar refractivity (Wildman–Crippen MR) is 165 cm³/mol. The van der Waals surface area contributed by atoms with Crippen molar-refractivity contribution in [3.63, 3.8) is 0 Å². The number of amides is 3. The molecule has 4 aromatic carbocycles. The lowest BCUT2D eigenvalue weighted by molar-refractivity contribution is -0.115. The van der Waals surface area contributed by atoms with Crippen molar-refractivity contribution < 1.29 is 23.5 Å². The van der Waals surface area contributed by atoms with Crippen LogP contribution in [0, 0.1) is 5.82 Å². The maximum atomic E-state index is 13.4. The standard InChI is InChI=1S/C33H30FN3O4S/c1-3-41-30-12-8-7-11-28(30)36-31(38)22(2)42-27-19-17-26(18-20-27)35-33(40)29(21-23-13-15-25(34)16-14-23)37-32(39)24-9-5-4-6-10-24/h4-22H,3H2,1-2H3,(H,35,40)(H,36,38)(H,37,39)/b29-21-. The Morgan fingerprint density at radius 3 is 2.21 bits per heavy atom. The number of carbonyl (C=O) groups excluding carboxylic acids is 3. The summed E-state index contributed by atoms with van der Waals surface area (Å²) < 4.78 is 19.0. The molecule has 1 unspecified atom stereocenters. The Bertz CT molecular complexity index is 1560. The fraction of sp³-hybridized carbons (Fsp3) is 0.121. The molecule has 3 amide bonds. The smallest absolute Gasteiger partial charge is 0.272 e. The lowest BCUT2D eigenvalue weighted by Gasteiger charge is -2.15. The molecule has 42 heavy (non-hydrogen) atoms. The second-order valence-corrected chi connectivity index (χ2v) is 10.5. The van der Waals surface area contributed by atoms with Crippen molar-refractivity contribution >= 4 is 46.9 Å². The zero-order valence-electron chi connectivity index (χ0n) is 23.1. The Balaban J connectivity index is 1.42. The summed E-state index contributed by atoms with van der Waals surface area (Å²) in [4.78, 5) is 39.6. The minimum Gasteiger partial charge on any atom is -0.492 e. The third-order valence-electron chi connectivity index (χ3n) is 5.95. The molecule has 0 aliphatic carbocycles. The highest BCUT2D eigenvalue weighted by Gasteiger charge is 2.18. The van der Waals surface area contributed by atoms with E-state index in [1.807, 2.05) is 19.1 Å². The van der Waals surface area contributed by atoms with Crippen LogP contribution in [0.2, 0.25) is 0 Å². The average Bonchev–Trinajstić information content (AvgIpc) is 3.00. The summed E-state index contributed by atoms with van der Waals surface area (Å²) in [6.07, 6.45) is 1.48. The van der Waals surface area contributed by atoms with E-state index in [-0.39, 0.29) is 11.6 Å². The summed E-state index contributed by atoms with van der Waals surface area (Å²) >= 11 is 1.37. The van der Waals surface area contributed by atoms with Gasteiger partial charge in [0, 0.05) is 16.1 Å². The largest absolute Gasteiger partial charge is 0.492 e. The molecule has 0 heterocycles. The molecule has 9 heteroatoms. The Labute approximate surface area is 248 Å². The van der Waals surface area contributed by atoms with Gasteiger partial charge in [-0.15, -0.1) is 11.8 Å². The zero-order chi connectivity index (χ0) is 29.9. The molecule has 0 bridgehead atoms. The molecular formula is C33H30FN3O4S. The van der Waals surface area contributed by atoms with Crippen LogP contribution in [0.4, 0.5) is 15.8 Å². The van der Waals surface area contributed by atoms with Crippen LogP contribution in [0.25, 0.3) is 6.08 Å². The number of halogens is 1. The number of benzene rings is 4. The van der Waals surface area contributed by atoms with Crippen LogP contribution in [-0.4, -0.2) is 29.6 Å². The molecule has 0 aliphatic rings. The van der Waals surface area contributed by atoms with E-state index in [9.17, 15) is 18.8 Å². The quantitative estimate of drug-likeness (QED) is 0.134. The molecule has 0 aliphatic heterocycles. The molecule has 0 saturated carbocycles. The first-order chi connectivity index (χ1) is 20.3. The predicted octanol–water partition coefficient (Wildman–Crippen LogP) is 6.75. The van der Waals surface area contributed by atoms with Crippen LogP contribution in [0.15, 0.2) is 114 Å². The van der Waals surface area contributed by atoms with Gasteiger partial charge in [-0.2, -0.15) is 0 Å². The normalized spacial score (nSPS) is 11.7. The van der Waals surface area contributed by atoms with Crippen molar-refractivity contribution in [2.75, 3.05) is 17.2 Å². The molecule has 4 rings (SSSR count). The molecule has 0 saturated heterocycles. The van der Waals surface area contributed by atoms with Crippen LogP contribution < -0.4 is 20.7 Å².